The van der Waals surface area contributed by atoms with Crippen LogP contribution in [0.2, 0.25) is 0 Å². The minimum Gasteiger partial charge on any atom is -0.493 e. The van der Waals surface area contributed by atoms with Crippen LogP contribution in [-0.2, 0) is 9.84 Å². The summed E-state index contributed by atoms with van der Waals surface area (Å²) in [5.41, 5.74) is 5.31. The highest BCUT2D eigenvalue weighted by atomic mass is 32.2. The summed E-state index contributed by atoms with van der Waals surface area (Å²) in [6.07, 6.45) is 0. The molecular formula is C10H10N2O4S. The van der Waals surface area contributed by atoms with Gasteiger partial charge in [0.05, 0.1) is 12.5 Å². The van der Waals surface area contributed by atoms with Crippen molar-refractivity contribution < 1.29 is 17.9 Å². The highest BCUT2D eigenvalue weighted by Gasteiger charge is 2.27. The van der Waals surface area contributed by atoms with Gasteiger partial charge < -0.3 is 15.2 Å². The molecule has 0 atom stereocenters. The van der Waals surface area contributed by atoms with E-state index in [1.165, 1.54) is 7.11 Å². The Morgan fingerprint density at radius 1 is 1.24 bits per heavy atom. The fraction of sp³-hybridized carbons (Fsp3) is 0.100. The van der Waals surface area contributed by atoms with Gasteiger partial charge in [-0.3, -0.25) is 0 Å². The number of para-hydroxylation sites is 2. The third-order valence-electron chi connectivity index (χ3n) is 2.01. The van der Waals surface area contributed by atoms with Gasteiger partial charge in [-0.1, -0.05) is 12.1 Å². The molecule has 0 radical (unpaired) electrons. The van der Waals surface area contributed by atoms with Gasteiger partial charge in [-0.05, 0) is 12.1 Å². The van der Waals surface area contributed by atoms with Crippen molar-refractivity contribution in [2.24, 2.45) is 10.7 Å². The largest absolute Gasteiger partial charge is 0.493 e. The van der Waals surface area contributed by atoms with Crippen LogP contribution in [0.25, 0.3) is 0 Å². The monoisotopic (exact) mass is 254 g/mol. The number of aliphatic imine (C=N–C) groups is 1. The van der Waals surface area contributed by atoms with Crippen LogP contribution in [0.3, 0.4) is 0 Å². The Labute approximate surface area is 98.3 Å². The molecule has 2 rings (SSSR count). The van der Waals surface area contributed by atoms with Gasteiger partial charge in [-0.25, -0.2) is 8.42 Å². The first kappa shape index (κ1) is 11.5. The van der Waals surface area contributed by atoms with Gasteiger partial charge in [0, 0.05) is 0 Å². The van der Waals surface area contributed by atoms with Crippen molar-refractivity contribution in [1.82, 2.24) is 0 Å². The van der Waals surface area contributed by atoms with Gasteiger partial charge in [-0.15, -0.1) is 0 Å². The number of hydrogen-bond donors (Lipinski definition) is 1. The van der Waals surface area contributed by atoms with E-state index in [0.717, 1.165) is 5.41 Å². The van der Waals surface area contributed by atoms with Crippen molar-refractivity contribution in [3.8, 4) is 11.5 Å². The molecule has 1 aromatic rings. The molecule has 0 bridgehead atoms. The molecule has 0 fully saturated rings. The molecule has 0 aliphatic carbocycles. The molecule has 7 heteroatoms. The molecule has 17 heavy (non-hydrogen) atoms. The van der Waals surface area contributed by atoms with E-state index in [2.05, 4.69) is 4.99 Å². The zero-order chi connectivity index (χ0) is 12.5. The fourth-order valence-electron chi connectivity index (χ4n) is 1.28. The van der Waals surface area contributed by atoms with E-state index in [1.54, 1.807) is 24.3 Å². The summed E-state index contributed by atoms with van der Waals surface area (Å²) in [6.45, 7) is 0. The van der Waals surface area contributed by atoms with E-state index in [9.17, 15) is 8.42 Å². The fourth-order valence-corrected chi connectivity index (χ4v) is 2.19. The second-order valence-electron chi connectivity index (χ2n) is 3.22. The highest BCUT2D eigenvalue weighted by molar-refractivity contribution is 8.08. The average molecular weight is 254 g/mol. The summed E-state index contributed by atoms with van der Waals surface area (Å²) in [6, 6.07) is 6.65. The second-order valence-corrected chi connectivity index (χ2v) is 4.89. The summed E-state index contributed by atoms with van der Waals surface area (Å²) in [5.74, 6) is 0.575. The molecule has 1 aliphatic heterocycles. The molecule has 0 saturated carbocycles. The van der Waals surface area contributed by atoms with Crippen LogP contribution in [0.5, 0.6) is 11.5 Å². The number of benzene rings is 1. The lowest BCUT2D eigenvalue weighted by molar-refractivity contribution is 0.392. The van der Waals surface area contributed by atoms with Crippen LogP contribution in [0, 0.1) is 0 Å². The lowest BCUT2D eigenvalue weighted by Gasteiger charge is -2.08. The number of ether oxygens (including phenoxy) is 2. The van der Waals surface area contributed by atoms with Crippen LogP contribution in [0.15, 0.2) is 40.5 Å². The topological polar surface area (TPSA) is 91.0 Å². The highest BCUT2D eigenvalue weighted by Crippen LogP contribution is 2.27. The molecule has 90 valence electrons. The minimum atomic E-state index is -3.67. The zero-order valence-corrected chi connectivity index (χ0v) is 9.77. The molecule has 0 aromatic heterocycles. The Balaban J connectivity index is 2.32. The maximum absolute atomic E-state index is 11.5. The quantitative estimate of drug-likeness (QED) is 0.835. The molecule has 1 aromatic carbocycles. The number of rotatable bonds is 2. The predicted molar refractivity (Wildman–Crippen MR) is 62.2 cm³/mol. The SMILES string of the molecule is COc1ccccc1OC1=NC(N)=CS1(=O)=O. The van der Waals surface area contributed by atoms with E-state index in [1.807, 2.05) is 0 Å². The molecule has 1 aliphatic rings. The summed E-state index contributed by atoms with van der Waals surface area (Å²) in [5, 5.41) is 0.400. The Hall–Kier alpha value is -2.02. The van der Waals surface area contributed by atoms with Crippen LogP contribution in [0.4, 0.5) is 0 Å². The Kier molecular flexibility index (Phi) is 2.76. The van der Waals surface area contributed by atoms with Crippen LogP contribution in [0.1, 0.15) is 0 Å². The number of sulfone groups is 1. The van der Waals surface area contributed by atoms with Crippen LogP contribution in [-0.4, -0.2) is 20.8 Å². The molecule has 0 spiro atoms. The maximum atomic E-state index is 11.5. The standard InChI is InChI=1S/C10H10N2O4S/c1-15-7-4-2-3-5-8(7)16-10-12-9(11)6-17(10,13)14/h2-6H,11H2,1H3. The summed E-state index contributed by atoms with van der Waals surface area (Å²) in [4.78, 5) is 3.60. The summed E-state index contributed by atoms with van der Waals surface area (Å²) >= 11 is 0. The van der Waals surface area contributed by atoms with Gasteiger partial charge >= 0.3 is 5.23 Å². The lowest BCUT2D eigenvalue weighted by atomic mass is 10.3. The lowest BCUT2D eigenvalue weighted by Crippen LogP contribution is -2.16. The summed E-state index contributed by atoms with van der Waals surface area (Å²) < 4.78 is 33.3. The first-order valence-corrected chi connectivity index (χ1v) is 6.19. The van der Waals surface area contributed by atoms with Crippen LogP contribution >= 0.6 is 0 Å². The number of methoxy groups -OCH3 is 1. The average Bonchev–Trinajstić information content (AvgIpc) is 2.52. The zero-order valence-electron chi connectivity index (χ0n) is 8.95. The molecule has 0 unspecified atom stereocenters. The van der Waals surface area contributed by atoms with Crippen molar-refractivity contribution in [3.05, 3.63) is 35.5 Å². The van der Waals surface area contributed by atoms with Crippen molar-refractivity contribution in [1.29, 1.82) is 0 Å². The first-order chi connectivity index (χ1) is 8.03. The Bertz CT molecular complexity index is 604. The van der Waals surface area contributed by atoms with Gasteiger partial charge in [0.1, 0.15) is 5.82 Å². The number of nitrogens with two attached hydrogens (primary N) is 1. The molecule has 0 amide bonds. The van der Waals surface area contributed by atoms with E-state index in [0.29, 0.717) is 5.75 Å². The van der Waals surface area contributed by atoms with E-state index in [-0.39, 0.29) is 11.6 Å². The third kappa shape index (κ3) is 2.23. The van der Waals surface area contributed by atoms with E-state index < -0.39 is 15.1 Å². The predicted octanol–water partition coefficient (Wildman–Crippen LogP) is 0.616. The van der Waals surface area contributed by atoms with Gasteiger partial charge in [0.25, 0.3) is 9.84 Å². The van der Waals surface area contributed by atoms with Crippen molar-refractivity contribution in [3.63, 3.8) is 0 Å². The molecule has 1 heterocycles. The van der Waals surface area contributed by atoms with Crippen LogP contribution < -0.4 is 15.2 Å². The van der Waals surface area contributed by atoms with Crippen molar-refractivity contribution in [2.45, 2.75) is 0 Å². The minimum absolute atomic E-state index is 0.102. The van der Waals surface area contributed by atoms with Gasteiger partial charge in [-0.2, -0.15) is 4.99 Å². The maximum Gasteiger partial charge on any atom is 0.321 e. The second kappa shape index (κ2) is 4.10. The van der Waals surface area contributed by atoms with E-state index in [4.69, 9.17) is 15.2 Å². The first-order valence-electron chi connectivity index (χ1n) is 4.65. The third-order valence-corrected chi connectivity index (χ3v) is 3.22. The normalized spacial score (nSPS) is 17.2. The molecule has 6 nitrogen and oxygen atoms in total. The molecule has 2 N–H and O–H groups in total. The summed E-state index contributed by atoms with van der Waals surface area (Å²) in [7, 11) is -2.22. The van der Waals surface area contributed by atoms with Crippen molar-refractivity contribution in [2.75, 3.05) is 7.11 Å². The molecular weight excluding hydrogens is 244 g/mol. The van der Waals surface area contributed by atoms with Crippen molar-refractivity contribution >= 4 is 15.1 Å². The molecule has 0 saturated heterocycles. The van der Waals surface area contributed by atoms with Gasteiger partial charge in [0.15, 0.2) is 11.5 Å². The van der Waals surface area contributed by atoms with E-state index >= 15 is 0 Å². The number of nitrogens with zero attached hydrogens (tertiary/aromatic N) is 1. The number of hydrogen-bond acceptors (Lipinski definition) is 6. The smallest absolute Gasteiger partial charge is 0.321 e. The Morgan fingerprint density at radius 3 is 2.41 bits per heavy atom. The van der Waals surface area contributed by atoms with Gasteiger partial charge in [0.2, 0.25) is 0 Å². The Morgan fingerprint density at radius 2 is 1.88 bits per heavy atom.